The number of carbonyl (C=O) groups excluding carboxylic acids is 1. The number of pyridine rings is 1. The molecule has 1 aliphatic heterocycles. The predicted molar refractivity (Wildman–Crippen MR) is 80.0 cm³/mol. The van der Waals surface area contributed by atoms with Gasteiger partial charge in [0.15, 0.2) is 6.61 Å². The molecule has 138 valence electrons. The van der Waals surface area contributed by atoms with E-state index in [2.05, 4.69) is 15.0 Å². The zero-order valence-corrected chi connectivity index (χ0v) is 13.5. The number of alkyl halides is 3. The maximum atomic E-state index is 12.3. The number of carboxylic acid groups (broad SMARTS) is 1. The number of aliphatic carboxylic acids is 1. The number of carbonyl (C=O) groups is 2. The molecule has 2 rings (SSSR count). The SMILES string of the molecule is CC1(C(=O)O)CCN(C(=O)NCc2cccnc2OCC(F)(F)F)C1. The largest absolute Gasteiger partial charge is 0.481 e. The lowest BCUT2D eigenvalue weighted by atomic mass is 9.90. The summed E-state index contributed by atoms with van der Waals surface area (Å²) in [5.74, 6) is -1.19. The van der Waals surface area contributed by atoms with Crippen molar-refractivity contribution in [2.75, 3.05) is 19.7 Å². The molecule has 2 heterocycles. The van der Waals surface area contributed by atoms with Gasteiger partial charge in [-0.3, -0.25) is 4.79 Å². The molecule has 1 unspecified atom stereocenters. The van der Waals surface area contributed by atoms with Gasteiger partial charge in [-0.15, -0.1) is 0 Å². The third-order valence-corrected chi connectivity index (χ3v) is 3.93. The van der Waals surface area contributed by atoms with Gasteiger partial charge in [0.1, 0.15) is 0 Å². The van der Waals surface area contributed by atoms with E-state index in [-0.39, 0.29) is 19.0 Å². The Labute approximate surface area is 141 Å². The summed E-state index contributed by atoms with van der Waals surface area (Å²) in [6.45, 7) is 0.360. The Morgan fingerprint density at radius 2 is 2.20 bits per heavy atom. The molecule has 2 N–H and O–H groups in total. The second-order valence-corrected chi connectivity index (χ2v) is 6.07. The molecule has 10 heteroatoms. The fraction of sp³-hybridized carbons (Fsp3) is 0.533. The van der Waals surface area contributed by atoms with E-state index < -0.39 is 30.2 Å². The number of rotatable bonds is 5. The fourth-order valence-corrected chi connectivity index (χ4v) is 2.43. The Kier molecular flexibility index (Phi) is 5.39. The topological polar surface area (TPSA) is 91.8 Å². The van der Waals surface area contributed by atoms with Crippen LogP contribution < -0.4 is 10.1 Å². The van der Waals surface area contributed by atoms with Crippen molar-refractivity contribution in [3.05, 3.63) is 23.9 Å². The molecule has 1 aromatic rings. The van der Waals surface area contributed by atoms with Gasteiger partial charge in [-0.2, -0.15) is 13.2 Å². The molecule has 7 nitrogen and oxygen atoms in total. The monoisotopic (exact) mass is 361 g/mol. The predicted octanol–water partition coefficient (Wildman–Crippen LogP) is 2.03. The molecule has 0 radical (unpaired) electrons. The quantitative estimate of drug-likeness (QED) is 0.837. The number of amides is 2. The van der Waals surface area contributed by atoms with E-state index in [4.69, 9.17) is 5.11 Å². The molecule has 1 saturated heterocycles. The summed E-state index contributed by atoms with van der Waals surface area (Å²) in [7, 11) is 0. The average molecular weight is 361 g/mol. The van der Waals surface area contributed by atoms with Crippen LogP contribution in [0.1, 0.15) is 18.9 Å². The zero-order chi connectivity index (χ0) is 18.7. The Bertz CT molecular complexity index is 653. The lowest BCUT2D eigenvalue weighted by Gasteiger charge is -2.20. The van der Waals surface area contributed by atoms with Gasteiger partial charge in [0.05, 0.1) is 5.41 Å². The van der Waals surface area contributed by atoms with Gasteiger partial charge in [-0.25, -0.2) is 9.78 Å². The number of hydrogen-bond donors (Lipinski definition) is 2. The number of halogens is 3. The first-order valence-corrected chi connectivity index (χ1v) is 7.50. The van der Waals surface area contributed by atoms with E-state index in [1.807, 2.05) is 0 Å². The molecule has 0 spiro atoms. The second kappa shape index (κ2) is 7.16. The smallest absolute Gasteiger partial charge is 0.422 e. The first-order chi connectivity index (χ1) is 11.6. The minimum Gasteiger partial charge on any atom is -0.481 e. The van der Waals surface area contributed by atoms with Crippen LogP contribution in [-0.4, -0.2) is 52.9 Å². The minimum atomic E-state index is -4.49. The molecule has 0 aliphatic carbocycles. The molecular weight excluding hydrogens is 343 g/mol. The Hall–Kier alpha value is -2.52. The van der Waals surface area contributed by atoms with Gasteiger partial charge in [0.25, 0.3) is 0 Å². The van der Waals surface area contributed by atoms with E-state index in [1.54, 1.807) is 6.92 Å². The average Bonchev–Trinajstić information content (AvgIpc) is 2.94. The van der Waals surface area contributed by atoms with Gasteiger partial charge in [-0.05, 0) is 19.4 Å². The number of urea groups is 1. The van der Waals surface area contributed by atoms with Crippen molar-refractivity contribution in [3.8, 4) is 5.88 Å². The third kappa shape index (κ3) is 4.97. The number of likely N-dealkylation sites (tertiary alicyclic amines) is 1. The van der Waals surface area contributed by atoms with E-state index in [9.17, 15) is 22.8 Å². The van der Waals surface area contributed by atoms with E-state index >= 15 is 0 Å². The van der Waals surface area contributed by atoms with Crippen molar-refractivity contribution in [1.82, 2.24) is 15.2 Å². The van der Waals surface area contributed by atoms with Crippen molar-refractivity contribution in [1.29, 1.82) is 0 Å². The summed E-state index contributed by atoms with van der Waals surface area (Å²) in [6, 6.07) is 2.51. The summed E-state index contributed by atoms with van der Waals surface area (Å²) < 4.78 is 41.4. The minimum absolute atomic E-state index is 0.0681. The fourth-order valence-electron chi connectivity index (χ4n) is 2.43. The Morgan fingerprint density at radius 1 is 1.48 bits per heavy atom. The number of carboxylic acids is 1. The lowest BCUT2D eigenvalue weighted by Crippen LogP contribution is -2.40. The second-order valence-electron chi connectivity index (χ2n) is 6.07. The third-order valence-electron chi connectivity index (χ3n) is 3.93. The van der Waals surface area contributed by atoms with E-state index in [1.165, 1.54) is 23.2 Å². The first kappa shape index (κ1) is 18.8. The number of nitrogens with zero attached hydrogens (tertiary/aromatic N) is 2. The highest BCUT2D eigenvalue weighted by atomic mass is 19.4. The van der Waals surface area contributed by atoms with Crippen LogP contribution in [0, 0.1) is 5.41 Å². The summed E-state index contributed by atoms with van der Waals surface area (Å²) in [5.41, 5.74) is -0.701. The van der Waals surface area contributed by atoms with E-state index in [0.29, 0.717) is 18.5 Å². The van der Waals surface area contributed by atoms with Crippen molar-refractivity contribution < 1.29 is 32.6 Å². The molecule has 2 amide bonds. The summed E-state index contributed by atoms with van der Waals surface area (Å²) >= 11 is 0. The molecule has 0 bridgehead atoms. The number of aromatic nitrogens is 1. The van der Waals surface area contributed by atoms with Crippen molar-refractivity contribution in [3.63, 3.8) is 0 Å². The van der Waals surface area contributed by atoms with Crippen LogP contribution in [-0.2, 0) is 11.3 Å². The van der Waals surface area contributed by atoms with Crippen molar-refractivity contribution in [2.24, 2.45) is 5.41 Å². The van der Waals surface area contributed by atoms with Gasteiger partial charge in [0, 0.05) is 31.4 Å². The molecule has 25 heavy (non-hydrogen) atoms. The molecule has 1 aliphatic rings. The summed E-state index contributed by atoms with van der Waals surface area (Å²) in [4.78, 5) is 28.4. The summed E-state index contributed by atoms with van der Waals surface area (Å²) in [5, 5.41) is 11.7. The number of nitrogens with one attached hydrogen (secondary N) is 1. The molecule has 1 fully saturated rings. The van der Waals surface area contributed by atoms with Crippen molar-refractivity contribution >= 4 is 12.0 Å². The molecular formula is C15H18F3N3O4. The van der Waals surface area contributed by atoms with Gasteiger partial charge in [0.2, 0.25) is 5.88 Å². The standard InChI is InChI=1S/C15H18F3N3O4/c1-14(12(22)23)4-6-21(8-14)13(24)20-7-10-3-2-5-19-11(10)25-9-15(16,17)18/h2-3,5H,4,6-9H2,1H3,(H,20,24)(H,22,23). The van der Waals surface area contributed by atoms with Crippen LogP contribution in [0.4, 0.5) is 18.0 Å². The highest BCUT2D eigenvalue weighted by molar-refractivity contribution is 5.79. The molecule has 0 aromatic carbocycles. The zero-order valence-electron chi connectivity index (χ0n) is 13.5. The van der Waals surface area contributed by atoms with E-state index in [0.717, 1.165) is 0 Å². The van der Waals surface area contributed by atoms with Gasteiger partial charge >= 0.3 is 18.2 Å². The number of hydrogen-bond acceptors (Lipinski definition) is 4. The van der Waals surface area contributed by atoms with Gasteiger partial charge < -0.3 is 20.1 Å². The molecule has 0 saturated carbocycles. The maximum absolute atomic E-state index is 12.3. The van der Waals surface area contributed by atoms with Crippen LogP contribution in [0.2, 0.25) is 0 Å². The van der Waals surface area contributed by atoms with Crippen LogP contribution in [0.25, 0.3) is 0 Å². The Morgan fingerprint density at radius 3 is 2.80 bits per heavy atom. The maximum Gasteiger partial charge on any atom is 0.422 e. The summed E-state index contributed by atoms with van der Waals surface area (Å²) in [6.07, 6.45) is -2.87. The van der Waals surface area contributed by atoms with Crippen LogP contribution in [0.15, 0.2) is 18.3 Å². The van der Waals surface area contributed by atoms with Crippen LogP contribution >= 0.6 is 0 Å². The van der Waals surface area contributed by atoms with Crippen LogP contribution in [0.3, 0.4) is 0 Å². The first-order valence-electron chi connectivity index (χ1n) is 7.50. The number of ether oxygens (including phenoxy) is 1. The van der Waals surface area contributed by atoms with Gasteiger partial charge in [-0.1, -0.05) is 6.07 Å². The van der Waals surface area contributed by atoms with Crippen LogP contribution in [0.5, 0.6) is 5.88 Å². The lowest BCUT2D eigenvalue weighted by molar-refractivity contribution is -0.154. The highest BCUT2D eigenvalue weighted by Gasteiger charge is 2.42. The normalized spacial score (nSPS) is 20.4. The Balaban J connectivity index is 1.93. The highest BCUT2D eigenvalue weighted by Crippen LogP contribution is 2.30. The molecule has 1 atom stereocenters. The van der Waals surface area contributed by atoms with Crippen molar-refractivity contribution in [2.45, 2.75) is 26.1 Å². The molecule has 1 aromatic heterocycles.